The molecule has 0 spiro atoms. The number of benzene rings is 2. The maximum absolute atomic E-state index is 13.8. The van der Waals surface area contributed by atoms with Crippen LogP contribution in [0.15, 0.2) is 42.5 Å². The van der Waals surface area contributed by atoms with Crippen LogP contribution in [0.4, 0.5) is 8.78 Å². The maximum Gasteiger partial charge on any atom is 0.127 e. The van der Waals surface area contributed by atoms with Gasteiger partial charge in [-0.05, 0) is 42.1 Å². The summed E-state index contributed by atoms with van der Waals surface area (Å²) in [6.45, 7) is 0. The molecule has 3 aromatic rings. The van der Waals surface area contributed by atoms with Gasteiger partial charge in [0.05, 0.1) is 0 Å². The van der Waals surface area contributed by atoms with E-state index in [2.05, 4.69) is 0 Å². The van der Waals surface area contributed by atoms with E-state index in [0.717, 1.165) is 15.0 Å². The molecule has 1 aromatic heterocycles. The first kappa shape index (κ1) is 14.4. The number of fused-ring (bicyclic) bond motifs is 1. The van der Waals surface area contributed by atoms with Gasteiger partial charge in [0.1, 0.15) is 11.6 Å². The number of hydrogen-bond acceptors (Lipinski definition) is 2. The van der Waals surface area contributed by atoms with Crippen molar-refractivity contribution < 1.29 is 8.78 Å². The first-order chi connectivity index (χ1) is 10.0. The quantitative estimate of drug-likeness (QED) is 0.715. The van der Waals surface area contributed by atoms with E-state index in [9.17, 15) is 8.78 Å². The Morgan fingerprint density at radius 3 is 2.71 bits per heavy atom. The van der Waals surface area contributed by atoms with Crippen molar-refractivity contribution in [2.75, 3.05) is 0 Å². The highest BCUT2D eigenvalue weighted by Crippen LogP contribution is 2.32. The van der Waals surface area contributed by atoms with Crippen LogP contribution in [0.2, 0.25) is 5.02 Å². The van der Waals surface area contributed by atoms with E-state index in [0.29, 0.717) is 17.0 Å². The summed E-state index contributed by atoms with van der Waals surface area (Å²) in [5, 5.41) is 1.31. The normalized spacial score (nSPS) is 12.8. The third-order valence-electron chi connectivity index (χ3n) is 3.35. The molecule has 0 radical (unpaired) electrons. The lowest BCUT2D eigenvalue weighted by molar-refractivity contribution is 0.595. The molecule has 21 heavy (non-hydrogen) atoms. The highest BCUT2D eigenvalue weighted by Gasteiger charge is 2.15. The van der Waals surface area contributed by atoms with Crippen molar-refractivity contribution in [2.24, 2.45) is 5.73 Å². The molecular weight excluding hydrogens is 312 g/mol. The number of nitrogens with two attached hydrogens (primary N) is 1. The SMILES string of the molecule is NC(Cc1c(F)cccc1Cl)c1cc2ccc(F)cc2s1. The van der Waals surface area contributed by atoms with E-state index < -0.39 is 0 Å². The standard InChI is InChI=1S/C16H12ClF2NS/c17-12-2-1-3-13(19)11(12)8-14(20)16-6-9-4-5-10(18)7-15(9)21-16/h1-7,14H,8,20H2. The van der Waals surface area contributed by atoms with Crippen LogP contribution in [-0.2, 0) is 6.42 Å². The van der Waals surface area contributed by atoms with Crippen LogP contribution in [0.5, 0.6) is 0 Å². The van der Waals surface area contributed by atoms with E-state index in [1.165, 1.54) is 29.5 Å². The molecule has 1 atom stereocenters. The molecule has 0 fully saturated rings. The summed E-state index contributed by atoms with van der Waals surface area (Å²) in [5.41, 5.74) is 6.57. The van der Waals surface area contributed by atoms with Crippen LogP contribution in [0.3, 0.4) is 0 Å². The van der Waals surface area contributed by atoms with E-state index in [-0.39, 0.29) is 17.7 Å². The summed E-state index contributed by atoms with van der Waals surface area (Å²) in [7, 11) is 0. The molecule has 0 bridgehead atoms. The molecule has 0 amide bonds. The lowest BCUT2D eigenvalue weighted by atomic mass is 10.0. The Morgan fingerprint density at radius 2 is 1.95 bits per heavy atom. The third kappa shape index (κ3) is 2.93. The molecule has 0 aliphatic rings. The van der Waals surface area contributed by atoms with Gasteiger partial charge in [0.25, 0.3) is 0 Å². The molecule has 0 aliphatic carbocycles. The zero-order valence-corrected chi connectivity index (χ0v) is 12.5. The Bertz CT molecular complexity index is 780. The van der Waals surface area contributed by atoms with Crippen molar-refractivity contribution >= 4 is 33.0 Å². The van der Waals surface area contributed by atoms with Crippen LogP contribution in [0.25, 0.3) is 10.1 Å². The molecule has 2 aromatic carbocycles. The van der Waals surface area contributed by atoms with Crippen molar-refractivity contribution in [1.82, 2.24) is 0 Å². The lowest BCUT2D eigenvalue weighted by Crippen LogP contribution is -2.13. The Hall–Kier alpha value is -1.49. The predicted molar refractivity (Wildman–Crippen MR) is 83.8 cm³/mol. The monoisotopic (exact) mass is 323 g/mol. The second kappa shape index (κ2) is 5.72. The second-order valence-electron chi connectivity index (χ2n) is 4.84. The summed E-state index contributed by atoms with van der Waals surface area (Å²) in [6.07, 6.45) is 0.306. The average molecular weight is 324 g/mol. The van der Waals surface area contributed by atoms with Crippen LogP contribution in [0.1, 0.15) is 16.5 Å². The van der Waals surface area contributed by atoms with Crippen molar-refractivity contribution in [3.63, 3.8) is 0 Å². The Kier molecular flexibility index (Phi) is 3.93. The zero-order chi connectivity index (χ0) is 15.0. The van der Waals surface area contributed by atoms with Gasteiger partial charge in [-0.25, -0.2) is 8.78 Å². The molecule has 0 saturated heterocycles. The molecule has 5 heteroatoms. The second-order valence-corrected chi connectivity index (χ2v) is 6.36. The fourth-order valence-corrected chi connectivity index (χ4v) is 3.59. The van der Waals surface area contributed by atoms with Crippen molar-refractivity contribution in [3.8, 4) is 0 Å². The maximum atomic E-state index is 13.8. The van der Waals surface area contributed by atoms with Gasteiger partial charge in [0, 0.05) is 26.2 Å². The lowest BCUT2D eigenvalue weighted by Gasteiger charge is -2.11. The van der Waals surface area contributed by atoms with Gasteiger partial charge in [-0.15, -0.1) is 11.3 Å². The minimum atomic E-state index is -0.375. The smallest absolute Gasteiger partial charge is 0.127 e. The van der Waals surface area contributed by atoms with Crippen LogP contribution in [-0.4, -0.2) is 0 Å². The van der Waals surface area contributed by atoms with Crippen molar-refractivity contribution in [3.05, 3.63) is 69.6 Å². The molecule has 0 aliphatic heterocycles. The highest BCUT2D eigenvalue weighted by molar-refractivity contribution is 7.19. The Morgan fingerprint density at radius 1 is 1.14 bits per heavy atom. The molecule has 1 heterocycles. The van der Waals surface area contributed by atoms with Gasteiger partial charge in [0.2, 0.25) is 0 Å². The summed E-state index contributed by atoms with van der Waals surface area (Å²) in [5.74, 6) is -0.633. The van der Waals surface area contributed by atoms with Gasteiger partial charge >= 0.3 is 0 Å². The van der Waals surface area contributed by atoms with Crippen LogP contribution >= 0.6 is 22.9 Å². The zero-order valence-electron chi connectivity index (χ0n) is 10.9. The highest BCUT2D eigenvalue weighted by atomic mass is 35.5. The van der Waals surface area contributed by atoms with Gasteiger partial charge in [-0.3, -0.25) is 0 Å². The van der Waals surface area contributed by atoms with Crippen LogP contribution in [0, 0.1) is 11.6 Å². The average Bonchev–Trinajstić information content (AvgIpc) is 2.86. The Balaban J connectivity index is 1.91. The van der Waals surface area contributed by atoms with Gasteiger partial charge < -0.3 is 5.73 Å². The van der Waals surface area contributed by atoms with E-state index in [1.54, 1.807) is 18.2 Å². The van der Waals surface area contributed by atoms with Gasteiger partial charge in [-0.1, -0.05) is 23.7 Å². The molecule has 3 rings (SSSR count). The van der Waals surface area contributed by atoms with Crippen LogP contribution < -0.4 is 5.73 Å². The number of hydrogen-bond donors (Lipinski definition) is 1. The van der Waals surface area contributed by atoms with Gasteiger partial charge in [-0.2, -0.15) is 0 Å². The molecule has 2 N–H and O–H groups in total. The minimum Gasteiger partial charge on any atom is -0.323 e. The summed E-state index contributed by atoms with van der Waals surface area (Å²) >= 11 is 7.44. The first-order valence-corrected chi connectivity index (χ1v) is 7.61. The van der Waals surface area contributed by atoms with E-state index in [1.807, 2.05) is 6.07 Å². The number of rotatable bonds is 3. The van der Waals surface area contributed by atoms with E-state index >= 15 is 0 Å². The Labute approximate surface area is 130 Å². The molecule has 108 valence electrons. The largest absolute Gasteiger partial charge is 0.323 e. The molecular formula is C16H12ClF2NS. The fourth-order valence-electron chi connectivity index (χ4n) is 2.26. The molecule has 1 unspecified atom stereocenters. The topological polar surface area (TPSA) is 26.0 Å². The number of thiophene rings is 1. The molecule has 0 saturated carbocycles. The van der Waals surface area contributed by atoms with Crippen molar-refractivity contribution in [1.29, 1.82) is 0 Å². The van der Waals surface area contributed by atoms with Gasteiger partial charge in [0.15, 0.2) is 0 Å². The predicted octanol–water partition coefficient (Wildman–Crippen LogP) is 5.08. The van der Waals surface area contributed by atoms with Crippen molar-refractivity contribution in [2.45, 2.75) is 12.5 Å². The summed E-state index contributed by atoms with van der Waals surface area (Å²) in [6, 6.07) is 10.7. The summed E-state index contributed by atoms with van der Waals surface area (Å²) in [4.78, 5) is 0.884. The fraction of sp³-hybridized carbons (Fsp3) is 0.125. The third-order valence-corrected chi connectivity index (χ3v) is 4.94. The number of halogens is 3. The first-order valence-electron chi connectivity index (χ1n) is 6.42. The van der Waals surface area contributed by atoms with E-state index in [4.69, 9.17) is 17.3 Å². The summed E-state index contributed by atoms with van der Waals surface area (Å²) < 4.78 is 27.8. The minimum absolute atomic E-state index is 0.276. The molecule has 1 nitrogen and oxygen atoms in total.